The summed E-state index contributed by atoms with van der Waals surface area (Å²) in [7, 11) is 0. The number of cyclic esters (lactones) is 2. The van der Waals surface area contributed by atoms with Crippen molar-refractivity contribution in [3.05, 3.63) is 83.9 Å². The van der Waals surface area contributed by atoms with Gasteiger partial charge >= 0.3 is 11.9 Å². The van der Waals surface area contributed by atoms with E-state index in [2.05, 4.69) is 0 Å². The van der Waals surface area contributed by atoms with E-state index in [1.807, 2.05) is 48.5 Å². The minimum absolute atomic E-state index is 0.00229. The van der Waals surface area contributed by atoms with Gasteiger partial charge in [0.15, 0.2) is 11.2 Å². The molecule has 0 saturated carbocycles. The Labute approximate surface area is 187 Å². The lowest BCUT2D eigenvalue weighted by molar-refractivity contribution is -0.252. The molecule has 1 heterocycles. The van der Waals surface area contributed by atoms with Gasteiger partial charge < -0.3 is 9.47 Å². The summed E-state index contributed by atoms with van der Waals surface area (Å²) in [4.78, 5) is 39.7. The predicted octanol–water partition coefficient (Wildman–Crippen LogP) is 5.11. The molecule has 1 aliphatic heterocycles. The lowest BCUT2D eigenvalue weighted by atomic mass is 9.72. The summed E-state index contributed by atoms with van der Waals surface area (Å²) in [5.74, 6) is -3.37. The molecule has 0 bridgehead atoms. The number of fused-ring (bicyclic) bond motifs is 1. The number of ether oxygens (including phenoxy) is 2. The van der Waals surface area contributed by atoms with Gasteiger partial charge in [0.05, 0.1) is 0 Å². The molecule has 0 aromatic heterocycles. The van der Waals surface area contributed by atoms with E-state index in [9.17, 15) is 14.4 Å². The van der Waals surface area contributed by atoms with E-state index in [1.165, 1.54) is 13.8 Å². The number of hydrogen-bond donors (Lipinski definition) is 0. The average Bonchev–Trinajstić information content (AvgIpc) is 2.77. The summed E-state index contributed by atoms with van der Waals surface area (Å²) in [6.45, 7) is 4.80. The maximum Gasteiger partial charge on any atom is 0.327 e. The molecule has 0 unspecified atom stereocenters. The van der Waals surface area contributed by atoms with Gasteiger partial charge in [0.25, 0.3) is 5.79 Å². The van der Waals surface area contributed by atoms with Gasteiger partial charge in [-0.1, -0.05) is 79.7 Å². The van der Waals surface area contributed by atoms with Crippen LogP contribution in [-0.2, 0) is 25.5 Å². The van der Waals surface area contributed by atoms with Gasteiger partial charge in [-0.3, -0.25) is 14.4 Å². The molecular formula is C27H26O5. The number of benzene rings is 3. The van der Waals surface area contributed by atoms with Crippen LogP contribution in [0.25, 0.3) is 10.8 Å². The van der Waals surface area contributed by atoms with Crippen LogP contribution in [0, 0.1) is 11.3 Å². The zero-order valence-corrected chi connectivity index (χ0v) is 18.5. The van der Waals surface area contributed by atoms with Gasteiger partial charge in [-0.25, -0.2) is 0 Å². The molecular weight excluding hydrogens is 404 g/mol. The van der Waals surface area contributed by atoms with Crippen molar-refractivity contribution >= 4 is 28.5 Å². The topological polar surface area (TPSA) is 69.7 Å². The Morgan fingerprint density at radius 1 is 0.844 bits per heavy atom. The molecule has 1 atom stereocenters. The Morgan fingerprint density at radius 2 is 1.44 bits per heavy atom. The van der Waals surface area contributed by atoms with Crippen molar-refractivity contribution in [2.24, 2.45) is 11.3 Å². The van der Waals surface area contributed by atoms with Gasteiger partial charge in [0.1, 0.15) is 0 Å². The third kappa shape index (κ3) is 4.03. The highest BCUT2D eigenvalue weighted by atomic mass is 16.7. The number of hydrogen-bond acceptors (Lipinski definition) is 5. The Kier molecular flexibility index (Phi) is 5.59. The number of rotatable bonds is 6. The Hall–Kier alpha value is -3.47. The maximum absolute atomic E-state index is 13.3. The Morgan fingerprint density at radius 3 is 2.12 bits per heavy atom. The number of esters is 2. The highest BCUT2D eigenvalue weighted by molar-refractivity contribution is 6.04. The Bertz CT molecular complexity index is 1150. The van der Waals surface area contributed by atoms with Crippen LogP contribution >= 0.6 is 0 Å². The molecule has 4 rings (SSSR count). The van der Waals surface area contributed by atoms with Crippen molar-refractivity contribution in [1.29, 1.82) is 0 Å². The van der Waals surface area contributed by atoms with Gasteiger partial charge in [0.2, 0.25) is 0 Å². The second kappa shape index (κ2) is 8.23. The van der Waals surface area contributed by atoms with Crippen LogP contribution in [-0.4, -0.2) is 23.5 Å². The fourth-order valence-corrected chi connectivity index (χ4v) is 4.40. The molecule has 0 spiro atoms. The monoisotopic (exact) mass is 430 g/mol. The minimum atomic E-state index is -1.61. The van der Waals surface area contributed by atoms with Crippen LogP contribution in [0.5, 0.6) is 0 Å². The van der Waals surface area contributed by atoms with Crippen molar-refractivity contribution in [1.82, 2.24) is 0 Å². The summed E-state index contributed by atoms with van der Waals surface area (Å²) >= 11 is 0. The van der Waals surface area contributed by atoms with E-state index in [-0.39, 0.29) is 18.6 Å². The van der Waals surface area contributed by atoms with E-state index in [4.69, 9.17) is 9.47 Å². The van der Waals surface area contributed by atoms with Gasteiger partial charge in [-0.15, -0.1) is 0 Å². The minimum Gasteiger partial charge on any atom is -0.422 e. The normalized spacial score (nSPS) is 18.0. The van der Waals surface area contributed by atoms with Crippen molar-refractivity contribution in [2.75, 3.05) is 0 Å². The van der Waals surface area contributed by atoms with Crippen molar-refractivity contribution in [3.63, 3.8) is 0 Å². The van der Waals surface area contributed by atoms with E-state index in [0.717, 1.165) is 16.3 Å². The second-order valence-corrected chi connectivity index (χ2v) is 8.91. The summed E-state index contributed by atoms with van der Waals surface area (Å²) in [6.07, 6.45) is 0.0895. The van der Waals surface area contributed by atoms with E-state index in [0.29, 0.717) is 5.56 Å². The van der Waals surface area contributed by atoms with Crippen molar-refractivity contribution in [3.8, 4) is 0 Å². The van der Waals surface area contributed by atoms with Crippen LogP contribution in [0.1, 0.15) is 43.1 Å². The largest absolute Gasteiger partial charge is 0.422 e. The lowest BCUT2D eigenvalue weighted by Crippen LogP contribution is -2.55. The van der Waals surface area contributed by atoms with Gasteiger partial charge in [-0.2, -0.15) is 0 Å². The molecule has 0 N–H and O–H groups in total. The molecule has 1 fully saturated rings. The van der Waals surface area contributed by atoms with Crippen LogP contribution in [0.4, 0.5) is 0 Å². The van der Waals surface area contributed by atoms with Crippen LogP contribution < -0.4 is 0 Å². The Balaban J connectivity index is 1.75. The fourth-order valence-electron chi connectivity index (χ4n) is 4.40. The highest BCUT2D eigenvalue weighted by Crippen LogP contribution is 2.42. The SMILES string of the molecule is C[C@@H](CC1(Cc2cccc3ccccc23)C(=O)OC(C)(C)OC1=O)C(=O)c1ccccc1. The van der Waals surface area contributed by atoms with Crippen molar-refractivity contribution < 1.29 is 23.9 Å². The lowest BCUT2D eigenvalue weighted by Gasteiger charge is -2.41. The van der Waals surface area contributed by atoms with E-state index >= 15 is 0 Å². The van der Waals surface area contributed by atoms with E-state index < -0.39 is 29.1 Å². The van der Waals surface area contributed by atoms with Crippen LogP contribution in [0.3, 0.4) is 0 Å². The first-order chi connectivity index (χ1) is 15.2. The first-order valence-corrected chi connectivity index (χ1v) is 10.7. The molecule has 5 heteroatoms. The number of Topliss-reactive ketones (excluding diaryl/α,β-unsaturated/α-hetero) is 1. The molecule has 0 amide bonds. The third-order valence-corrected chi connectivity index (χ3v) is 5.99. The summed E-state index contributed by atoms with van der Waals surface area (Å²) < 4.78 is 11.1. The molecule has 3 aromatic rings. The zero-order chi connectivity index (χ0) is 22.9. The molecule has 1 saturated heterocycles. The van der Waals surface area contributed by atoms with Crippen LogP contribution in [0.2, 0.25) is 0 Å². The third-order valence-electron chi connectivity index (χ3n) is 5.99. The second-order valence-electron chi connectivity index (χ2n) is 8.91. The first kappa shape index (κ1) is 21.8. The molecule has 32 heavy (non-hydrogen) atoms. The van der Waals surface area contributed by atoms with Crippen LogP contribution in [0.15, 0.2) is 72.8 Å². The molecule has 0 aliphatic carbocycles. The highest BCUT2D eigenvalue weighted by Gasteiger charge is 2.57. The maximum atomic E-state index is 13.3. The molecule has 164 valence electrons. The van der Waals surface area contributed by atoms with Crippen molar-refractivity contribution in [2.45, 2.75) is 39.4 Å². The molecule has 0 radical (unpaired) electrons. The summed E-state index contributed by atoms with van der Waals surface area (Å²) in [6, 6.07) is 22.4. The summed E-state index contributed by atoms with van der Waals surface area (Å²) in [5, 5.41) is 1.95. The smallest absolute Gasteiger partial charge is 0.327 e. The number of carbonyl (C=O) groups is 3. The molecule has 5 nitrogen and oxygen atoms in total. The predicted molar refractivity (Wildman–Crippen MR) is 121 cm³/mol. The average molecular weight is 431 g/mol. The summed E-state index contributed by atoms with van der Waals surface area (Å²) in [5.41, 5.74) is -0.238. The number of carbonyl (C=O) groups excluding carboxylic acids is 3. The first-order valence-electron chi connectivity index (χ1n) is 10.7. The zero-order valence-electron chi connectivity index (χ0n) is 18.5. The van der Waals surface area contributed by atoms with Gasteiger partial charge in [-0.05, 0) is 29.2 Å². The van der Waals surface area contributed by atoms with Gasteiger partial charge in [0, 0.05) is 25.3 Å². The van der Waals surface area contributed by atoms with E-state index in [1.54, 1.807) is 31.2 Å². The molecule has 3 aromatic carbocycles. The fraction of sp³-hybridized carbons (Fsp3) is 0.296. The number of ketones is 1. The quantitative estimate of drug-likeness (QED) is 0.309. The standard InChI is InChI=1S/C27H26O5/c1-18(23(28)20-11-5-4-6-12-20)16-27(24(29)31-26(2,3)32-25(27)30)17-21-14-9-13-19-10-7-8-15-22(19)21/h4-15,18H,16-17H2,1-3H3/t18-/m0/s1. The molecule has 1 aliphatic rings.